The number of alkyl halides is 1. The number of nitrogens with zero attached hydrogens (tertiary/aromatic N) is 1. The molecule has 4 heteroatoms. The molecule has 0 bridgehead atoms. The normalized spacial score (nSPS) is 12.4. The van der Waals surface area contributed by atoms with Gasteiger partial charge in [0.05, 0.1) is 12.0 Å². The van der Waals surface area contributed by atoms with Crippen LogP contribution in [-0.2, 0) is 0 Å². The Morgan fingerprint density at radius 1 is 1.11 bits per heavy atom. The lowest BCUT2D eigenvalue weighted by atomic mass is 10.2. The second-order valence-electron chi connectivity index (χ2n) is 4.69. The van der Waals surface area contributed by atoms with Crippen molar-refractivity contribution >= 4 is 17.3 Å². The third-order valence-corrected chi connectivity index (χ3v) is 3.47. The molecule has 102 valence electrons. The van der Waals surface area contributed by atoms with Gasteiger partial charge >= 0.3 is 0 Å². The fourth-order valence-electron chi connectivity index (χ4n) is 2.09. The molecule has 0 radical (unpaired) electrons. The average molecular weight is 279 g/mol. The van der Waals surface area contributed by atoms with Crippen molar-refractivity contribution in [2.75, 3.05) is 17.7 Å². The van der Waals surface area contributed by atoms with E-state index in [0.29, 0.717) is 6.54 Å². The smallest absolute Gasteiger partial charge is 0.0847 e. The number of anilines is 1. The summed E-state index contributed by atoms with van der Waals surface area (Å²) >= 11 is 5.55. The van der Waals surface area contributed by atoms with E-state index in [1.165, 1.54) is 11.4 Å². The first-order valence-corrected chi connectivity index (χ1v) is 6.88. The molecule has 1 heterocycles. The maximum Gasteiger partial charge on any atom is 0.0847 e. The molecular weight excluding hydrogens is 260 g/mol. The SMILES string of the molecule is Cc1ccc(C)n1-c1ccc(NCC(O)CCl)cc1. The number of halogens is 1. The molecule has 1 unspecified atom stereocenters. The van der Waals surface area contributed by atoms with Gasteiger partial charge in [-0.25, -0.2) is 0 Å². The van der Waals surface area contributed by atoms with Gasteiger partial charge in [-0.2, -0.15) is 0 Å². The van der Waals surface area contributed by atoms with Gasteiger partial charge in [-0.05, 0) is 50.2 Å². The number of hydrogen-bond acceptors (Lipinski definition) is 2. The number of hydrogen-bond donors (Lipinski definition) is 2. The number of aliphatic hydroxyl groups is 1. The molecule has 0 aliphatic rings. The lowest BCUT2D eigenvalue weighted by molar-refractivity contribution is 0.211. The summed E-state index contributed by atoms with van der Waals surface area (Å²) in [5.74, 6) is 0.243. The monoisotopic (exact) mass is 278 g/mol. The fraction of sp³-hybridized carbons (Fsp3) is 0.333. The van der Waals surface area contributed by atoms with E-state index in [1.54, 1.807) is 0 Å². The number of benzene rings is 1. The summed E-state index contributed by atoms with van der Waals surface area (Å²) in [7, 11) is 0. The van der Waals surface area contributed by atoms with Gasteiger partial charge in [-0.3, -0.25) is 0 Å². The Bertz CT molecular complexity index is 514. The van der Waals surface area contributed by atoms with Crippen LogP contribution in [0.15, 0.2) is 36.4 Å². The average Bonchev–Trinajstić information content (AvgIpc) is 2.76. The Morgan fingerprint density at radius 2 is 1.68 bits per heavy atom. The third kappa shape index (κ3) is 3.31. The first-order valence-electron chi connectivity index (χ1n) is 6.35. The van der Waals surface area contributed by atoms with Gasteiger partial charge in [0, 0.05) is 29.3 Å². The molecule has 1 aromatic heterocycles. The van der Waals surface area contributed by atoms with Crippen LogP contribution in [-0.4, -0.2) is 28.2 Å². The molecule has 0 saturated heterocycles. The van der Waals surface area contributed by atoms with Crippen molar-refractivity contribution in [2.45, 2.75) is 20.0 Å². The molecule has 2 N–H and O–H groups in total. The van der Waals surface area contributed by atoms with E-state index in [2.05, 4.69) is 48.0 Å². The number of aliphatic hydroxyl groups excluding tert-OH is 1. The van der Waals surface area contributed by atoms with Crippen LogP contribution in [0.3, 0.4) is 0 Å². The first-order chi connectivity index (χ1) is 9.11. The standard InChI is InChI=1S/C15H19ClN2O/c1-11-3-4-12(2)18(11)14-7-5-13(6-8-14)17-10-15(19)9-16/h3-8,15,17,19H,9-10H2,1-2H3. The highest BCUT2D eigenvalue weighted by molar-refractivity contribution is 6.18. The van der Waals surface area contributed by atoms with Crippen LogP contribution in [0.2, 0.25) is 0 Å². The molecule has 0 saturated carbocycles. The van der Waals surface area contributed by atoms with Gasteiger partial charge in [0.2, 0.25) is 0 Å². The lowest BCUT2D eigenvalue weighted by Crippen LogP contribution is -2.20. The van der Waals surface area contributed by atoms with Crippen molar-refractivity contribution in [3.8, 4) is 5.69 Å². The Morgan fingerprint density at radius 3 is 2.21 bits per heavy atom. The minimum absolute atomic E-state index is 0.243. The van der Waals surface area contributed by atoms with Crippen LogP contribution in [0.1, 0.15) is 11.4 Å². The minimum Gasteiger partial charge on any atom is -0.390 e. The Hall–Kier alpha value is -1.45. The Labute approximate surface area is 118 Å². The van der Waals surface area contributed by atoms with Crippen LogP contribution < -0.4 is 5.32 Å². The van der Waals surface area contributed by atoms with E-state index in [-0.39, 0.29) is 5.88 Å². The van der Waals surface area contributed by atoms with Crippen molar-refractivity contribution in [3.05, 3.63) is 47.8 Å². The van der Waals surface area contributed by atoms with E-state index in [9.17, 15) is 5.11 Å². The van der Waals surface area contributed by atoms with Gasteiger partial charge in [0.1, 0.15) is 0 Å². The second-order valence-corrected chi connectivity index (χ2v) is 5.00. The predicted molar refractivity (Wildman–Crippen MR) is 80.5 cm³/mol. The molecule has 2 rings (SSSR count). The van der Waals surface area contributed by atoms with Crippen LogP contribution in [0, 0.1) is 13.8 Å². The highest BCUT2D eigenvalue weighted by Crippen LogP contribution is 2.18. The molecule has 1 aromatic carbocycles. The summed E-state index contributed by atoms with van der Waals surface area (Å²) in [4.78, 5) is 0. The van der Waals surface area contributed by atoms with Gasteiger partial charge in [0.25, 0.3) is 0 Å². The minimum atomic E-state index is -0.518. The molecular formula is C15H19ClN2O. The molecule has 1 atom stereocenters. The van der Waals surface area contributed by atoms with E-state index in [0.717, 1.165) is 11.4 Å². The third-order valence-electron chi connectivity index (χ3n) is 3.12. The largest absolute Gasteiger partial charge is 0.390 e. The molecule has 0 fully saturated rings. The van der Waals surface area contributed by atoms with Crippen molar-refractivity contribution in [1.82, 2.24) is 4.57 Å². The summed E-state index contributed by atoms with van der Waals surface area (Å²) in [5.41, 5.74) is 4.56. The zero-order valence-electron chi connectivity index (χ0n) is 11.2. The van der Waals surface area contributed by atoms with Gasteiger partial charge in [-0.15, -0.1) is 11.6 Å². The van der Waals surface area contributed by atoms with E-state index in [1.807, 2.05) is 12.1 Å². The van der Waals surface area contributed by atoms with Crippen molar-refractivity contribution in [1.29, 1.82) is 0 Å². The number of aromatic nitrogens is 1. The molecule has 0 aliphatic carbocycles. The summed E-state index contributed by atoms with van der Waals surface area (Å²) in [6.07, 6.45) is -0.518. The summed E-state index contributed by atoms with van der Waals surface area (Å²) in [6.45, 7) is 4.65. The van der Waals surface area contributed by atoms with E-state index in [4.69, 9.17) is 11.6 Å². The molecule has 2 aromatic rings. The van der Waals surface area contributed by atoms with Gasteiger partial charge in [-0.1, -0.05) is 0 Å². The lowest BCUT2D eigenvalue weighted by Gasteiger charge is -2.12. The van der Waals surface area contributed by atoms with Crippen LogP contribution in [0.4, 0.5) is 5.69 Å². The van der Waals surface area contributed by atoms with E-state index >= 15 is 0 Å². The topological polar surface area (TPSA) is 37.2 Å². The number of rotatable bonds is 5. The summed E-state index contributed by atoms with van der Waals surface area (Å²) in [6, 6.07) is 12.4. The second kappa shape index (κ2) is 6.13. The van der Waals surface area contributed by atoms with Crippen LogP contribution in [0.25, 0.3) is 5.69 Å². The molecule has 19 heavy (non-hydrogen) atoms. The molecule has 0 aliphatic heterocycles. The zero-order chi connectivity index (χ0) is 13.8. The Kier molecular flexibility index (Phi) is 4.51. The quantitative estimate of drug-likeness (QED) is 0.825. The highest BCUT2D eigenvalue weighted by atomic mass is 35.5. The summed E-state index contributed by atoms with van der Waals surface area (Å²) < 4.78 is 2.21. The van der Waals surface area contributed by atoms with Crippen LogP contribution >= 0.6 is 11.6 Å². The molecule has 0 spiro atoms. The molecule has 3 nitrogen and oxygen atoms in total. The molecule has 0 amide bonds. The maximum absolute atomic E-state index is 9.40. The fourth-order valence-corrected chi connectivity index (χ4v) is 2.20. The number of nitrogens with one attached hydrogen (secondary N) is 1. The number of aryl methyl sites for hydroxylation is 2. The predicted octanol–water partition coefficient (Wildman–Crippen LogP) is 3.11. The van der Waals surface area contributed by atoms with Gasteiger partial charge < -0.3 is 15.0 Å². The van der Waals surface area contributed by atoms with E-state index < -0.39 is 6.10 Å². The van der Waals surface area contributed by atoms with Crippen molar-refractivity contribution in [3.63, 3.8) is 0 Å². The van der Waals surface area contributed by atoms with Crippen LogP contribution in [0.5, 0.6) is 0 Å². The zero-order valence-corrected chi connectivity index (χ0v) is 12.0. The van der Waals surface area contributed by atoms with Gasteiger partial charge in [0.15, 0.2) is 0 Å². The summed E-state index contributed by atoms with van der Waals surface area (Å²) in [5, 5.41) is 12.6. The van der Waals surface area contributed by atoms with Crippen molar-refractivity contribution in [2.24, 2.45) is 0 Å². The Balaban J connectivity index is 2.11. The first kappa shape index (κ1) is 14.0. The highest BCUT2D eigenvalue weighted by Gasteiger charge is 2.04. The maximum atomic E-state index is 9.40. The van der Waals surface area contributed by atoms with Crippen molar-refractivity contribution < 1.29 is 5.11 Å².